The fourth-order valence-electron chi connectivity index (χ4n) is 5.49. The van der Waals surface area contributed by atoms with Gasteiger partial charge in [0.2, 0.25) is 17.7 Å². The molecule has 0 spiro atoms. The van der Waals surface area contributed by atoms with Crippen molar-refractivity contribution in [3.05, 3.63) is 83.4 Å². The zero-order valence-electron chi connectivity index (χ0n) is 26.0. The number of nitrogens with zero attached hydrogens (tertiary/aromatic N) is 4. The van der Waals surface area contributed by atoms with Crippen LogP contribution < -0.4 is 10.6 Å². The van der Waals surface area contributed by atoms with Crippen molar-refractivity contribution in [3.63, 3.8) is 0 Å². The molecule has 0 aliphatic carbocycles. The van der Waals surface area contributed by atoms with Gasteiger partial charge in [-0.2, -0.15) is 5.10 Å². The summed E-state index contributed by atoms with van der Waals surface area (Å²) in [7, 11) is 0. The lowest BCUT2D eigenvalue weighted by molar-refractivity contribution is -0.132. The van der Waals surface area contributed by atoms with Crippen LogP contribution in [-0.2, 0) is 27.3 Å². The fourth-order valence-corrected chi connectivity index (χ4v) is 5.49. The topological polar surface area (TPSA) is 126 Å². The molecule has 4 rings (SSSR count). The van der Waals surface area contributed by atoms with E-state index in [0.29, 0.717) is 62.5 Å². The Morgan fingerprint density at radius 3 is 2.36 bits per heavy atom. The molecule has 10 nitrogen and oxygen atoms in total. The van der Waals surface area contributed by atoms with Crippen LogP contribution in [0.25, 0.3) is 0 Å². The third kappa shape index (κ3) is 9.08. The molecule has 0 unspecified atom stereocenters. The van der Waals surface area contributed by atoms with Gasteiger partial charge in [-0.25, -0.2) is 9.67 Å². The van der Waals surface area contributed by atoms with Gasteiger partial charge in [-0.1, -0.05) is 80.9 Å². The molecule has 3 amide bonds. The highest BCUT2D eigenvalue weighted by molar-refractivity contribution is 5.96. The Morgan fingerprint density at radius 2 is 1.66 bits per heavy atom. The van der Waals surface area contributed by atoms with Gasteiger partial charge in [0.05, 0.1) is 12.6 Å². The van der Waals surface area contributed by atoms with Crippen LogP contribution in [0.5, 0.6) is 0 Å². The third-order valence-electron chi connectivity index (χ3n) is 8.19. The highest BCUT2D eigenvalue weighted by Gasteiger charge is 2.30. The van der Waals surface area contributed by atoms with Crippen LogP contribution in [-0.4, -0.2) is 62.3 Å². The van der Waals surface area contributed by atoms with Crippen LogP contribution in [0.2, 0.25) is 0 Å². The van der Waals surface area contributed by atoms with Crippen molar-refractivity contribution in [1.82, 2.24) is 30.3 Å². The Bertz CT molecular complexity index is 1410. The van der Waals surface area contributed by atoms with E-state index in [1.165, 1.54) is 0 Å². The number of ketones is 1. The summed E-state index contributed by atoms with van der Waals surface area (Å²) in [6.45, 7) is 6.89. The first-order valence-corrected chi connectivity index (χ1v) is 15.7. The molecule has 234 valence electrons. The first kappa shape index (κ1) is 32.6. The number of carbonyl (C=O) groups excluding carboxylic acids is 4. The lowest BCUT2D eigenvalue weighted by Gasteiger charge is -2.28. The molecule has 2 aromatic carbocycles. The number of Topliss-reactive ketones (excluding diaryl/α,β-unsaturated/α-hetero) is 1. The van der Waals surface area contributed by atoms with Crippen LogP contribution in [0.3, 0.4) is 0 Å². The first-order chi connectivity index (χ1) is 21.2. The second-order valence-electron chi connectivity index (χ2n) is 11.5. The summed E-state index contributed by atoms with van der Waals surface area (Å²) < 4.78 is 1.78. The van der Waals surface area contributed by atoms with Crippen LogP contribution in [0.4, 0.5) is 0 Å². The maximum atomic E-state index is 13.7. The predicted molar refractivity (Wildman–Crippen MR) is 168 cm³/mol. The van der Waals surface area contributed by atoms with Crippen molar-refractivity contribution in [3.8, 4) is 0 Å². The van der Waals surface area contributed by atoms with Gasteiger partial charge in [-0.05, 0) is 37.7 Å². The van der Waals surface area contributed by atoms with Crippen LogP contribution in [0.15, 0.2) is 60.7 Å². The van der Waals surface area contributed by atoms with Crippen LogP contribution >= 0.6 is 0 Å². The number of amides is 3. The van der Waals surface area contributed by atoms with E-state index in [0.717, 1.165) is 5.56 Å². The van der Waals surface area contributed by atoms with E-state index in [-0.39, 0.29) is 48.7 Å². The van der Waals surface area contributed by atoms with Crippen molar-refractivity contribution in [2.75, 3.05) is 13.1 Å². The minimum absolute atomic E-state index is 0.0150. The lowest BCUT2D eigenvalue weighted by Crippen LogP contribution is -2.51. The Kier molecular flexibility index (Phi) is 11.8. The molecule has 1 aliphatic heterocycles. The summed E-state index contributed by atoms with van der Waals surface area (Å²) in [5.74, 6) is 0.569. The summed E-state index contributed by atoms with van der Waals surface area (Å²) >= 11 is 0. The molecule has 10 heteroatoms. The van der Waals surface area contributed by atoms with Gasteiger partial charge < -0.3 is 15.5 Å². The van der Waals surface area contributed by atoms with E-state index in [1.54, 1.807) is 21.7 Å². The maximum Gasteiger partial charge on any atom is 0.243 e. The molecule has 0 saturated heterocycles. The number of aromatic nitrogens is 3. The lowest BCUT2D eigenvalue weighted by atomic mass is 9.97. The van der Waals surface area contributed by atoms with Gasteiger partial charge >= 0.3 is 0 Å². The standard InChI is InChI=1S/C34H44N6O4/c1-4-24(2)32-34(44)36-28(23-26-13-7-5-8-14-26)33-35-25(3)38-40(33)22-21-39(20-12-18-30(42)37-32)31(43)19-11-17-29(41)27-15-9-6-10-16-27/h5-10,13-16,24,28,32H,4,11-12,17-23H2,1-3H3,(H,36,44)(H,37,42)/t24-,28-,32-/m0/s1. The maximum absolute atomic E-state index is 13.7. The second-order valence-corrected chi connectivity index (χ2v) is 11.5. The van der Waals surface area contributed by atoms with Gasteiger partial charge in [-0.15, -0.1) is 0 Å². The Labute approximate surface area is 259 Å². The van der Waals surface area contributed by atoms with E-state index in [4.69, 9.17) is 4.98 Å². The number of aryl methyl sites for hydroxylation is 1. The normalized spacial score (nSPS) is 18.8. The summed E-state index contributed by atoms with van der Waals surface area (Å²) in [4.78, 5) is 59.1. The van der Waals surface area contributed by atoms with E-state index in [1.807, 2.05) is 69.3 Å². The molecule has 2 heterocycles. The molecular formula is C34H44N6O4. The molecule has 0 bridgehead atoms. The molecule has 3 atom stereocenters. The van der Waals surface area contributed by atoms with Crippen LogP contribution in [0.1, 0.15) is 86.0 Å². The van der Waals surface area contributed by atoms with Crippen molar-refractivity contribution in [2.24, 2.45) is 5.92 Å². The van der Waals surface area contributed by atoms with Crippen LogP contribution in [0, 0.1) is 12.8 Å². The highest BCUT2D eigenvalue weighted by Crippen LogP contribution is 2.20. The smallest absolute Gasteiger partial charge is 0.243 e. The van der Waals surface area contributed by atoms with Gasteiger partial charge in [-0.3, -0.25) is 19.2 Å². The average Bonchev–Trinajstić information content (AvgIpc) is 3.41. The third-order valence-corrected chi connectivity index (χ3v) is 8.19. The fraction of sp³-hybridized carbons (Fsp3) is 0.471. The molecule has 0 radical (unpaired) electrons. The number of hydrogen-bond donors (Lipinski definition) is 2. The van der Waals surface area contributed by atoms with Crippen molar-refractivity contribution in [1.29, 1.82) is 0 Å². The second kappa shape index (κ2) is 15.9. The molecular weight excluding hydrogens is 556 g/mol. The number of fused-ring (bicyclic) bond motifs is 1. The largest absolute Gasteiger partial charge is 0.344 e. The number of benzene rings is 2. The summed E-state index contributed by atoms with van der Waals surface area (Å²) in [6.07, 6.45) is 2.81. The zero-order chi connectivity index (χ0) is 31.5. The molecule has 44 heavy (non-hydrogen) atoms. The van der Waals surface area contributed by atoms with Gasteiger partial charge in [0.15, 0.2) is 5.78 Å². The first-order valence-electron chi connectivity index (χ1n) is 15.7. The number of rotatable bonds is 9. The Hall–Kier alpha value is -4.34. The van der Waals surface area contributed by atoms with Crippen molar-refractivity contribution >= 4 is 23.5 Å². The van der Waals surface area contributed by atoms with E-state index >= 15 is 0 Å². The van der Waals surface area contributed by atoms with E-state index in [9.17, 15) is 19.2 Å². The molecule has 0 fully saturated rings. The van der Waals surface area contributed by atoms with Gasteiger partial charge in [0.25, 0.3) is 0 Å². The molecule has 3 aromatic rings. The number of carbonyl (C=O) groups is 4. The monoisotopic (exact) mass is 600 g/mol. The summed E-state index contributed by atoms with van der Waals surface area (Å²) in [5, 5.41) is 10.8. The molecule has 0 saturated carbocycles. The van der Waals surface area contributed by atoms with Crippen molar-refractivity contribution in [2.45, 2.75) is 84.3 Å². The van der Waals surface area contributed by atoms with Gasteiger partial charge in [0, 0.05) is 37.9 Å². The SMILES string of the molecule is CC[C@H](C)[C@@H]1NC(=O)CCCN(C(=O)CCCC(=O)c2ccccc2)CCn2nc(C)nc2[C@H](Cc2ccccc2)NC1=O. The zero-order valence-corrected chi connectivity index (χ0v) is 26.0. The van der Waals surface area contributed by atoms with Crippen molar-refractivity contribution < 1.29 is 19.2 Å². The highest BCUT2D eigenvalue weighted by atomic mass is 16.2. The summed E-state index contributed by atoms with van der Waals surface area (Å²) in [5.41, 5.74) is 1.67. The van der Waals surface area contributed by atoms with E-state index < -0.39 is 12.1 Å². The van der Waals surface area contributed by atoms with E-state index in [2.05, 4.69) is 15.7 Å². The molecule has 1 aromatic heterocycles. The number of hydrogen-bond acceptors (Lipinski definition) is 6. The predicted octanol–water partition coefficient (Wildman–Crippen LogP) is 4.19. The molecule has 1 aliphatic rings. The minimum atomic E-state index is -0.703. The Balaban J connectivity index is 1.56. The Morgan fingerprint density at radius 1 is 0.955 bits per heavy atom. The van der Waals surface area contributed by atoms with Gasteiger partial charge in [0.1, 0.15) is 17.7 Å². The quantitative estimate of drug-likeness (QED) is 0.355. The molecule has 2 N–H and O–H groups in total. The number of nitrogens with one attached hydrogen (secondary N) is 2. The average molecular weight is 601 g/mol. The summed E-state index contributed by atoms with van der Waals surface area (Å²) in [6, 6.07) is 17.8. The minimum Gasteiger partial charge on any atom is -0.344 e.